The van der Waals surface area contributed by atoms with E-state index < -0.39 is 0 Å². The van der Waals surface area contributed by atoms with E-state index in [0.717, 1.165) is 25.8 Å². The van der Waals surface area contributed by atoms with Gasteiger partial charge in [-0.2, -0.15) is 0 Å². The van der Waals surface area contributed by atoms with Crippen molar-refractivity contribution in [2.75, 3.05) is 11.9 Å². The number of rotatable bonds is 4. The Hall–Kier alpha value is -1.73. The van der Waals surface area contributed by atoms with Crippen LogP contribution in [0.25, 0.3) is 0 Å². The molecule has 0 radical (unpaired) electrons. The topological polar surface area (TPSA) is 80.0 Å². The molecular formula is C13H16N4O2S. The molecule has 0 aromatic carbocycles. The second-order valence-corrected chi connectivity index (χ2v) is 5.84. The van der Waals surface area contributed by atoms with E-state index >= 15 is 0 Å². The van der Waals surface area contributed by atoms with E-state index in [1.54, 1.807) is 0 Å². The van der Waals surface area contributed by atoms with E-state index in [2.05, 4.69) is 27.8 Å². The molecule has 1 aliphatic rings. The average molecular weight is 292 g/mol. The minimum atomic E-state index is -0.204. The zero-order chi connectivity index (χ0) is 13.9. The zero-order valence-corrected chi connectivity index (χ0v) is 12.0. The van der Waals surface area contributed by atoms with Crippen LogP contribution in [0.4, 0.5) is 6.01 Å². The van der Waals surface area contributed by atoms with Crippen molar-refractivity contribution in [3.05, 3.63) is 27.8 Å². The van der Waals surface area contributed by atoms with Gasteiger partial charge in [-0.25, -0.2) is 0 Å². The SMILES string of the molecule is CCc1ccc(C(=O)Nc2nnc(C3CCCN3)o2)s1. The largest absolute Gasteiger partial charge is 0.406 e. The molecule has 0 saturated carbocycles. The van der Waals surface area contributed by atoms with Crippen LogP contribution in [0.3, 0.4) is 0 Å². The second-order valence-electron chi connectivity index (χ2n) is 4.67. The van der Waals surface area contributed by atoms with Gasteiger partial charge in [-0.05, 0) is 37.9 Å². The number of anilines is 1. The standard InChI is InChI=1S/C13H16N4O2S/c1-2-8-5-6-10(20-8)11(18)15-13-17-16-12(19-13)9-4-3-7-14-9/h5-6,9,14H,2-4,7H2,1H3,(H,15,17,18). The molecule has 3 heterocycles. The van der Waals surface area contributed by atoms with Crippen molar-refractivity contribution in [2.24, 2.45) is 0 Å². The molecule has 1 amide bonds. The van der Waals surface area contributed by atoms with E-state index in [-0.39, 0.29) is 18.0 Å². The van der Waals surface area contributed by atoms with Crippen LogP contribution >= 0.6 is 11.3 Å². The summed E-state index contributed by atoms with van der Waals surface area (Å²) >= 11 is 1.48. The first kappa shape index (κ1) is 13.3. The monoisotopic (exact) mass is 292 g/mol. The lowest BCUT2D eigenvalue weighted by Gasteiger charge is -2.02. The van der Waals surface area contributed by atoms with Gasteiger partial charge in [-0.1, -0.05) is 12.0 Å². The lowest BCUT2D eigenvalue weighted by Crippen LogP contribution is -2.13. The molecule has 106 valence electrons. The van der Waals surface area contributed by atoms with E-state index in [0.29, 0.717) is 10.8 Å². The number of aromatic nitrogens is 2. The van der Waals surface area contributed by atoms with E-state index in [1.165, 1.54) is 16.2 Å². The third-order valence-electron chi connectivity index (χ3n) is 3.25. The number of nitrogens with one attached hydrogen (secondary N) is 2. The molecule has 2 N–H and O–H groups in total. The molecule has 0 bridgehead atoms. The Bertz CT molecular complexity index is 601. The third kappa shape index (κ3) is 2.73. The molecule has 2 aromatic heterocycles. The van der Waals surface area contributed by atoms with Crippen LogP contribution in [0.5, 0.6) is 0 Å². The van der Waals surface area contributed by atoms with E-state index in [1.807, 2.05) is 12.1 Å². The minimum Gasteiger partial charge on any atom is -0.406 e. The van der Waals surface area contributed by atoms with Crippen LogP contribution in [0, 0.1) is 0 Å². The number of hydrogen-bond donors (Lipinski definition) is 2. The van der Waals surface area contributed by atoms with E-state index in [9.17, 15) is 4.79 Å². The number of carbonyl (C=O) groups is 1. The number of thiophene rings is 1. The van der Waals surface area contributed by atoms with Crippen LogP contribution in [0.15, 0.2) is 16.5 Å². The summed E-state index contributed by atoms with van der Waals surface area (Å²) in [7, 11) is 0. The van der Waals surface area contributed by atoms with Crippen molar-refractivity contribution >= 4 is 23.3 Å². The first-order chi connectivity index (χ1) is 9.76. The van der Waals surface area contributed by atoms with Gasteiger partial charge in [-0.3, -0.25) is 10.1 Å². The molecule has 7 heteroatoms. The Morgan fingerprint density at radius 3 is 3.15 bits per heavy atom. The van der Waals surface area contributed by atoms with Crippen molar-refractivity contribution in [1.29, 1.82) is 0 Å². The summed E-state index contributed by atoms with van der Waals surface area (Å²) in [5.74, 6) is 0.336. The van der Waals surface area contributed by atoms with Gasteiger partial charge in [0.25, 0.3) is 5.91 Å². The lowest BCUT2D eigenvalue weighted by atomic mass is 10.2. The van der Waals surface area contributed by atoms with Gasteiger partial charge in [0, 0.05) is 4.88 Å². The Balaban J connectivity index is 1.66. The van der Waals surface area contributed by atoms with Crippen LogP contribution in [0.1, 0.15) is 46.2 Å². The summed E-state index contributed by atoms with van der Waals surface area (Å²) in [5, 5.41) is 13.8. The van der Waals surface area contributed by atoms with Gasteiger partial charge in [0.15, 0.2) is 0 Å². The number of aryl methyl sites for hydroxylation is 1. The Morgan fingerprint density at radius 2 is 2.45 bits per heavy atom. The van der Waals surface area contributed by atoms with Crippen LogP contribution in [-0.2, 0) is 6.42 Å². The van der Waals surface area contributed by atoms with Gasteiger partial charge < -0.3 is 9.73 Å². The lowest BCUT2D eigenvalue weighted by molar-refractivity contribution is 0.102. The molecular weight excluding hydrogens is 276 g/mol. The first-order valence-corrected chi connectivity index (χ1v) is 7.54. The number of amides is 1. The molecule has 1 aliphatic heterocycles. The summed E-state index contributed by atoms with van der Waals surface area (Å²) in [6.45, 7) is 3.02. The molecule has 20 heavy (non-hydrogen) atoms. The number of carbonyl (C=O) groups excluding carboxylic acids is 1. The molecule has 1 fully saturated rings. The molecule has 1 unspecified atom stereocenters. The average Bonchev–Trinajstić information content (AvgIpc) is 3.19. The Labute approximate surface area is 120 Å². The fourth-order valence-electron chi connectivity index (χ4n) is 2.17. The first-order valence-electron chi connectivity index (χ1n) is 6.73. The van der Waals surface area contributed by atoms with Crippen molar-refractivity contribution in [3.8, 4) is 0 Å². The Morgan fingerprint density at radius 1 is 1.55 bits per heavy atom. The highest BCUT2D eigenvalue weighted by Gasteiger charge is 2.22. The fourth-order valence-corrected chi connectivity index (χ4v) is 3.01. The van der Waals surface area contributed by atoms with Crippen molar-refractivity contribution < 1.29 is 9.21 Å². The van der Waals surface area contributed by atoms with Crippen LogP contribution in [0.2, 0.25) is 0 Å². The van der Waals surface area contributed by atoms with Crippen molar-refractivity contribution in [3.63, 3.8) is 0 Å². The molecule has 0 spiro atoms. The Kier molecular flexibility index (Phi) is 3.79. The van der Waals surface area contributed by atoms with Gasteiger partial charge in [-0.15, -0.1) is 16.4 Å². The van der Waals surface area contributed by atoms with Gasteiger partial charge in [0.1, 0.15) is 0 Å². The maximum Gasteiger partial charge on any atom is 0.322 e. The van der Waals surface area contributed by atoms with Gasteiger partial charge >= 0.3 is 6.01 Å². The fraction of sp³-hybridized carbons (Fsp3) is 0.462. The maximum absolute atomic E-state index is 12.0. The van der Waals surface area contributed by atoms with Crippen molar-refractivity contribution in [1.82, 2.24) is 15.5 Å². The molecule has 1 saturated heterocycles. The summed E-state index contributed by atoms with van der Waals surface area (Å²) < 4.78 is 5.48. The molecule has 1 atom stereocenters. The quantitative estimate of drug-likeness (QED) is 0.904. The van der Waals surface area contributed by atoms with Crippen LogP contribution < -0.4 is 10.6 Å². The molecule has 2 aromatic rings. The van der Waals surface area contributed by atoms with E-state index in [4.69, 9.17) is 4.42 Å². The van der Waals surface area contributed by atoms with Gasteiger partial charge in [0.05, 0.1) is 10.9 Å². The highest BCUT2D eigenvalue weighted by Crippen LogP contribution is 2.23. The predicted octanol–water partition coefficient (Wildman–Crippen LogP) is 2.37. The molecule has 3 rings (SSSR count). The van der Waals surface area contributed by atoms with Gasteiger partial charge in [0.2, 0.25) is 5.89 Å². The number of nitrogens with zero attached hydrogens (tertiary/aromatic N) is 2. The third-order valence-corrected chi connectivity index (χ3v) is 4.48. The number of hydrogen-bond acceptors (Lipinski definition) is 6. The zero-order valence-electron chi connectivity index (χ0n) is 11.2. The smallest absolute Gasteiger partial charge is 0.322 e. The summed E-state index contributed by atoms with van der Waals surface area (Å²) in [6.07, 6.45) is 3.01. The normalized spacial score (nSPS) is 18.4. The summed E-state index contributed by atoms with van der Waals surface area (Å²) in [5.41, 5.74) is 0. The summed E-state index contributed by atoms with van der Waals surface area (Å²) in [4.78, 5) is 13.9. The maximum atomic E-state index is 12.0. The minimum absolute atomic E-state index is 0.113. The molecule has 6 nitrogen and oxygen atoms in total. The molecule has 0 aliphatic carbocycles. The second kappa shape index (κ2) is 5.72. The van der Waals surface area contributed by atoms with Crippen LogP contribution in [-0.4, -0.2) is 22.6 Å². The predicted molar refractivity (Wildman–Crippen MR) is 75.9 cm³/mol. The van der Waals surface area contributed by atoms with Crippen molar-refractivity contribution in [2.45, 2.75) is 32.2 Å². The summed E-state index contributed by atoms with van der Waals surface area (Å²) in [6, 6.07) is 4.04. The highest BCUT2D eigenvalue weighted by molar-refractivity contribution is 7.14. The highest BCUT2D eigenvalue weighted by atomic mass is 32.1.